The normalized spacial score (nSPS) is 20.8. The molecule has 0 spiro atoms. The van der Waals surface area contributed by atoms with Crippen molar-refractivity contribution in [1.82, 2.24) is 10.0 Å². The lowest BCUT2D eigenvalue weighted by molar-refractivity contribution is 0.0784. The Kier molecular flexibility index (Phi) is 4.28. The standard InChI is InChI=1S/C11H15FN2O3S/c12-9-1-3-11(4-2-9)18(15,16)14-7-10-8-17-6-5-13-10/h1-4,10,13-14H,5-8H2. The molecule has 1 aromatic rings. The molecule has 1 atom stereocenters. The van der Waals surface area contributed by atoms with Crippen molar-refractivity contribution in [2.75, 3.05) is 26.3 Å². The van der Waals surface area contributed by atoms with Crippen LogP contribution in [0.5, 0.6) is 0 Å². The van der Waals surface area contributed by atoms with Gasteiger partial charge >= 0.3 is 0 Å². The molecule has 0 saturated carbocycles. The van der Waals surface area contributed by atoms with E-state index in [2.05, 4.69) is 10.0 Å². The summed E-state index contributed by atoms with van der Waals surface area (Å²) in [7, 11) is -3.59. The maximum absolute atomic E-state index is 12.7. The summed E-state index contributed by atoms with van der Waals surface area (Å²) in [6.45, 7) is 2.08. The van der Waals surface area contributed by atoms with E-state index in [0.717, 1.165) is 12.1 Å². The van der Waals surface area contributed by atoms with Crippen LogP contribution in [0, 0.1) is 5.82 Å². The Morgan fingerprint density at radius 3 is 2.72 bits per heavy atom. The summed E-state index contributed by atoms with van der Waals surface area (Å²) in [4.78, 5) is 0.0561. The van der Waals surface area contributed by atoms with Gasteiger partial charge in [-0.25, -0.2) is 17.5 Å². The summed E-state index contributed by atoms with van der Waals surface area (Å²) in [6, 6.07) is 4.69. The molecule has 2 rings (SSSR count). The molecule has 0 bridgehead atoms. The van der Waals surface area contributed by atoms with Crippen LogP contribution in [0.2, 0.25) is 0 Å². The molecule has 1 saturated heterocycles. The van der Waals surface area contributed by atoms with Crippen molar-refractivity contribution in [1.29, 1.82) is 0 Å². The monoisotopic (exact) mass is 274 g/mol. The molecule has 1 aromatic carbocycles. The van der Waals surface area contributed by atoms with E-state index in [9.17, 15) is 12.8 Å². The highest BCUT2D eigenvalue weighted by Crippen LogP contribution is 2.09. The first-order valence-electron chi connectivity index (χ1n) is 5.64. The molecule has 7 heteroatoms. The van der Waals surface area contributed by atoms with Crippen molar-refractivity contribution >= 4 is 10.0 Å². The zero-order valence-electron chi connectivity index (χ0n) is 9.73. The first kappa shape index (κ1) is 13.4. The van der Waals surface area contributed by atoms with E-state index in [4.69, 9.17) is 4.74 Å². The third-order valence-electron chi connectivity index (χ3n) is 2.64. The lowest BCUT2D eigenvalue weighted by Crippen LogP contribution is -2.48. The SMILES string of the molecule is O=S(=O)(NCC1COCCN1)c1ccc(F)cc1. The number of nitrogens with one attached hydrogen (secondary N) is 2. The maximum Gasteiger partial charge on any atom is 0.240 e. The highest BCUT2D eigenvalue weighted by atomic mass is 32.2. The molecular formula is C11H15FN2O3S. The number of rotatable bonds is 4. The molecule has 5 nitrogen and oxygen atoms in total. The molecule has 0 radical (unpaired) electrons. The molecule has 1 aliphatic heterocycles. The second-order valence-corrected chi connectivity index (χ2v) is 5.80. The number of benzene rings is 1. The first-order chi connectivity index (χ1) is 8.58. The number of hydrogen-bond acceptors (Lipinski definition) is 4. The minimum absolute atomic E-state index is 0.0334. The molecule has 2 N–H and O–H groups in total. The highest BCUT2D eigenvalue weighted by molar-refractivity contribution is 7.89. The topological polar surface area (TPSA) is 67.4 Å². The largest absolute Gasteiger partial charge is 0.378 e. The highest BCUT2D eigenvalue weighted by Gasteiger charge is 2.18. The van der Waals surface area contributed by atoms with Crippen molar-refractivity contribution in [2.24, 2.45) is 0 Å². The summed E-state index contributed by atoms with van der Waals surface area (Å²) in [6.07, 6.45) is 0. The second kappa shape index (κ2) is 5.75. The van der Waals surface area contributed by atoms with Crippen molar-refractivity contribution in [2.45, 2.75) is 10.9 Å². The number of morpholine rings is 1. The third kappa shape index (κ3) is 3.49. The van der Waals surface area contributed by atoms with Gasteiger partial charge < -0.3 is 10.1 Å². The molecule has 0 aromatic heterocycles. The Morgan fingerprint density at radius 2 is 2.11 bits per heavy atom. The average Bonchev–Trinajstić information content (AvgIpc) is 2.38. The van der Waals surface area contributed by atoms with Gasteiger partial charge in [0.15, 0.2) is 0 Å². The summed E-state index contributed by atoms with van der Waals surface area (Å²) in [5.41, 5.74) is 0. The van der Waals surface area contributed by atoms with Gasteiger partial charge in [-0.1, -0.05) is 0 Å². The van der Waals surface area contributed by atoms with Crippen LogP contribution in [0.25, 0.3) is 0 Å². The van der Waals surface area contributed by atoms with Gasteiger partial charge in [0.05, 0.1) is 18.1 Å². The molecule has 100 valence electrons. The first-order valence-corrected chi connectivity index (χ1v) is 7.12. The van der Waals surface area contributed by atoms with E-state index >= 15 is 0 Å². The van der Waals surface area contributed by atoms with Gasteiger partial charge in [-0.3, -0.25) is 0 Å². The summed E-state index contributed by atoms with van der Waals surface area (Å²) in [5.74, 6) is -0.462. The van der Waals surface area contributed by atoms with E-state index in [0.29, 0.717) is 19.8 Å². The van der Waals surface area contributed by atoms with Crippen molar-refractivity contribution in [3.8, 4) is 0 Å². The van der Waals surface area contributed by atoms with Gasteiger partial charge in [0, 0.05) is 19.1 Å². The van der Waals surface area contributed by atoms with Gasteiger partial charge in [0.25, 0.3) is 0 Å². The average molecular weight is 274 g/mol. The molecule has 0 aliphatic carbocycles. The van der Waals surface area contributed by atoms with Gasteiger partial charge in [-0.2, -0.15) is 0 Å². The van der Waals surface area contributed by atoms with Crippen LogP contribution in [-0.2, 0) is 14.8 Å². The van der Waals surface area contributed by atoms with Crippen LogP contribution in [0.1, 0.15) is 0 Å². The number of ether oxygens (including phenoxy) is 1. The smallest absolute Gasteiger partial charge is 0.240 e. The zero-order valence-corrected chi connectivity index (χ0v) is 10.5. The van der Waals surface area contributed by atoms with Crippen molar-refractivity contribution in [3.05, 3.63) is 30.1 Å². The van der Waals surface area contributed by atoms with Crippen molar-refractivity contribution in [3.63, 3.8) is 0 Å². The van der Waals surface area contributed by atoms with E-state index in [1.54, 1.807) is 0 Å². The number of sulfonamides is 1. The van der Waals surface area contributed by atoms with Crippen LogP contribution in [-0.4, -0.2) is 40.8 Å². The third-order valence-corrected chi connectivity index (χ3v) is 4.08. The lowest BCUT2D eigenvalue weighted by atomic mass is 10.3. The van der Waals surface area contributed by atoms with Crippen molar-refractivity contribution < 1.29 is 17.5 Å². The molecule has 1 aliphatic rings. The van der Waals surface area contributed by atoms with Crippen LogP contribution in [0.15, 0.2) is 29.2 Å². The summed E-state index contributed by atoms with van der Waals surface area (Å²) >= 11 is 0. The molecule has 1 heterocycles. The Morgan fingerprint density at radius 1 is 1.39 bits per heavy atom. The summed E-state index contributed by atoms with van der Waals surface area (Å²) in [5, 5.41) is 3.14. The van der Waals surface area contributed by atoms with Crippen LogP contribution in [0.3, 0.4) is 0 Å². The molecule has 18 heavy (non-hydrogen) atoms. The van der Waals surface area contributed by atoms with Gasteiger partial charge in [-0.05, 0) is 24.3 Å². The predicted octanol–water partition coefficient (Wildman–Crippen LogP) is 0.0924. The minimum atomic E-state index is -3.59. The Bertz CT molecular complexity index is 484. The fourth-order valence-corrected chi connectivity index (χ4v) is 2.74. The Hall–Kier alpha value is -1.02. The zero-order chi connectivity index (χ0) is 13.0. The van der Waals surface area contributed by atoms with E-state index < -0.39 is 15.8 Å². The fraction of sp³-hybridized carbons (Fsp3) is 0.455. The quantitative estimate of drug-likeness (QED) is 0.817. The number of halogens is 1. The molecular weight excluding hydrogens is 259 g/mol. The van der Waals surface area contributed by atoms with E-state index in [1.165, 1.54) is 12.1 Å². The minimum Gasteiger partial charge on any atom is -0.378 e. The predicted molar refractivity (Wildman–Crippen MR) is 64.2 cm³/mol. The van der Waals surface area contributed by atoms with Gasteiger partial charge in [-0.15, -0.1) is 0 Å². The second-order valence-electron chi connectivity index (χ2n) is 4.03. The van der Waals surface area contributed by atoms with Gasteiger partial charge in [0.1, 0.15) is 5.82 Å². The van der Waals surface area contributed by atoms with Crippen LogP contribution in [0.4, 0.5) is 4.39 Å². The lowest BCUT2D eigenvalue weighted by Gasteiger charge is -2.23. The summed E-state index contributed by atoms with van der Waals surface area (Å²) < 4.78 is 44.2. The Labute approximate surface area is 105 Å². The van der Waals surface area contributed by atoms with Gasteiger partial charge in [0.2, 0.25) is 10.0 Å². The van der Waals surface area contributed by atoms with Crippen LogP contribution >= 0.6 is 0 Å². The maximum atomic E-state index is 12.7. The fourth-order valence-electron chi connectivity index (χ4n) is 1.66. The molecule has 1 fully saturated rings. The molecule has 0 amide bonds. The molecule has 1 unspecified atom stereocenters. The van der Waals surface area contributed by atoms with E-state index in [-0.39, 0.29) is 17.5 Å². The van der Waals surface area contributed by atoms with E-state index in [1.807, 2.05) is 0 Å². The number of hydrogen-bond donors (Lipinski definition) is 2. The Balaban J connectivity index is 1.96. The van der Waals surface area contributed by atoms with Crippen LogP contribution < -0.4 is 10.0 Å².